The normalized spacial score (nSPS) is 12.4. The number of aromatic nitrogens is 1. The minimum absolute atomic E-state index is 0.0829. The summed E-state index contributed by atoms with van der Waals surface area (Å²) in [7, 11) is 0. The summed E-state index contributed by atoms with van der Waals surface area (Å²) in [5, 5.41) is 12.6. The van der Waals surface area contributed by atoms with Crippen molar-refractivity contribution >= 4 is 16.8 Å². The fourth-order valence-electron chi connectivity index (χ4n) is 1.83. The standard InChI is InChI=1S/C14H18N2O3/c1-3-19-11-5-4-10-6-13(16-12(10)7-11)14(18)15-9(2)8-17/h4-7,9,16-17H,3,8H2,1-2H3,(H,15,18). The Morgan fingerprint density at radius 3 is 2.95 bits per heavy atom. The Balaban J connectivity index is 2.23. The van der Waals surface area contributed by atoms with Crippen molar-refractivity contribution in [1.82, 2.24) is 10.3 Å². The van der Waals surface area contributed by atoms with Crippen LogP contribution in [0.25, 0.3) is 10.9 Å². The van der Waals surface area contributed by atoms with Gasteiger partial charge in [-0.2, -0.15) is 0 Å². The number of rotatable bonds is 5. The molecule has 1 amide bonds. The zero-order valence-electron chi connectivity index (χ0n) is 11.1. The Bertz CT molecular complexity index is 577. The molecule has 1 aromatic carbocycles. The van der Waals surface area contributed by atoms with Crippen molar-refractivity contribution in [3.8, 4) is 5.75 Å². The number of aliphatic hydroxyl groups is 1. The molecular formula is C14H18N2O3. The van der Waals surface area contributed by atoms with Crippen LogP contribution >= 0.6 is 0 Å². The van der Waals surface area contributed by atoms with Crippen molar-refractivity contribution in [2.75, 3.05) is 13.2 Å². The lowest BCUT2D eigenvalue weighted by Crippen LogP contribution is -2.35. The number of fused-ring (bicyclic) bond motifs is 1. The number of nitrogens with one attached hydrogen (secondary N) is 2. The number of hydrogen-bond acceptors (Lipinski definition) is 3. The van der Waals surface area contributed by atoms with Crippen LogP contribution in [-0.2, 0) is 0 Å². The first kappa shape index (κ1) is 13.4. The molecule has 0 aliphatic rings. The SMILES string of the molecule is CCOc1ccc2cc(C(=O)NC(C)CO)[nH]c2c1. The van der Waals surface area contributed by atoms with Crippen molar-refractivity contribution in [2.24, 2.45) is 0 Å². The van der Waals surface area contributed by atoms with Gasteiger partial charge >= 0.3 is 0 Å². The second kappa shape index (κ2) is 5.75. The molecule has 0 saturated carbocycles. The lowest BCUT2D eigenvalue weighted by molar-refractivity contribution is 0.0918. The molecule has 1 atom stereocenters. The third-order valence-corrected chi connectivity index (χ3v) is 2.80. The second-order valence-corrected chi connectivity index (χ2v) is 4.42. The monoisotopic (exact) mass is 262 g/mol. The van der Waals surface area contributed by atoms with Gasteiger partial charge < -0.3 is 20.1 Å². The predicted octanol–water partition coefficient (Wildman–Crippen LogP) is 1.68. The van der Waals surface area contributed by atoms with Crippen LogP contribution in [0.4, 0.5) is 0 Å². The number of hydrogen-bond donors (Lipinski definition) is 3. The first-order valence-electron chi connectivity index (χ1n) is 6.31. The Hall–Kier alpha value is -2.01. The van der Waals surface area contributed by atoms with Crippen LogP contribution < -0.4 is 10.1 Å². The molecule has 1 heterocycles. The highest BCUT2D eigenvalue weighted by molar-refractivity contribution is 5.98. The van der Waals surface area contributed by atoms with Gasteiger partial charge in [0, 0.05) is 23.0 Å². The number of ether oxygens (including phenoxy) is 1. The van der Waals surface area contributed by atoms with E-state index in [1.807, 2.05) is 25.1 Å². The number of benzene rings is 1. The van der Waals surface area contributed by atoms with E-state index in [0.717, 1.165) is 16.7 Å². The van der Waals surface area contributed by atoms with E-state index in [9.17, 15) is 4.79 Å². The van der Waals surface area contributed by atoms with E-state index < -0.39 is 0 Å². The summed E-state index contributed by atoms with van der Waals surface area (Å²) in [6.45, 7) is 4.19. The number of aromatic amines is 1. The quantitative estimate of drug-likeness (QED) is 0.767. The molecule has 0 aliphatic heterocycles. The van der Waals surface area contributed by atoms with Crippen LogP contribution in [0.2, 0.25) is 0 Å². The number of carbonyl (C=O) groups is 1. The summed E-state index contributed by atoms with van der Waals surface area (Å²) < 4.78 is 5.41. The smallest absolute Gasteiger partial charge is 0.268 e. The number of amides is 1. The van der Waals surface area contributed by atoms with Gasteiger partial charge in [-0.3, -0.25) is 4.79 Å². The molecule has 1 aromatic heterocycles. The zero-order chi connectivity index (χ0) is 13.8. The molecule has 2 rings (SSSR count). The minimum atomic E-state index is -0.266. The average molecular weight is 262 g/mol. The fourth-order valence-corrected chi connectivity index (χ4v) is 1.83. The lowest BCUT2D eigenvalue weighted by Gasteiger charge is -2.08. The maximum absolute atomic E-state index is 11.9. The van der Waals surface area contributed by atoms with Crippen LogP contribution in [0.15, 0.2) is 24.3 Å². The van der Waals surface area contributed by atoms with Crippen LogP contribution in [0.3, 0.4) is 0 Å². The summed E-state index contributed by atoms with van der Waals surface area (Å²) in [4.78, 5) is 15.0. The van der Waals surface area contributed by atoms with Crippen molar-refractivity contribution in [2.45, 2.75) is 19.9 Å². The number of aliphatic hydroxyl groups excluding tert-OH is 1. The van der Waals surface area contributed by atoms with Gasteiger partial charge in [-0.05, 0) is 32.0 Å². The Morgan fingerprint density at radius 1 is 1.47 bits per heavy atom. The number of H-pyrrole nitrogens is 1. The molecular weight excluding hydrogens is 244 g/mol. The highest BCUT2D eigenvalue weighted by Crippen LogP contribution is 2.21. The van der Waals surface area contributed by atoms with Gasteiger partial charge in [0.2, 0.25) is 0 Å². The van der Waals surface area contributed by atoms with E-state index in [0.29, 0.717) is 12.3 Å². The van der Waals surface area contributed by atoms with Gasteiger partial charge in [0.1, 0.15) is 11.4 Å². The maximum Gasteiger partial charge on any atom is 0.268 e. The van der Waals surface area contributed by atoms with E-state index in [2.05, 4.69) is 10.3 Å². The summed E-state index contributed by atoms with van der Waals surface area (Å²) in [6.07, 6.45) is 0. The van der Waals surface area contributed by atoms with Crippen LogP contribution in [0.5, 0.6) is 5.75 Å². The molecule has 0 radical (unpaired) electrons. The van der Waals surface area contributed by atoms with Gasteiger partial charge in [-0.25, -0.2) is 0 Å². The molecule has 2 aromatic rings. The molecule has 0 bridgehead atoms. The maximum atomic E-state index is 11.9. The Morgan fingerprint density at radius 2 is 2.26 bits per heavy atom. The largest absolute Gasteiger partial charge is 0.494 e. The fraction of sp³-hybridized carbons (Fsp3) is 0.357. The lowest BCUT2D eigenvalue weighted by atomic mass is 10.2. The van der Waals surface area contributed by atoms with Crippen molar-refractivity contribution in [3.63, 3.8) is 0 Å². The zero-order valence-corrected chi connectivity index (χ0v) is 11.1. The molecule has 0 fully saturated rings. The Kier molecular flexibility index (Phi) is 4.06. The molecule has 0 saturated heterocycles. The van der Waals surface area contributed by atoms with Gasteiger partial charge in [0.05, 0.1) is 13.2 Å². The summed E-state index contributed by atoms with van der Waals surface area (Å²) >= 11 is 0. The highest BCUT2D eigenvalue weighted by atomic mass is 16.5. The summed E-state index contributed by atoms with van der Waals surface area (Å²) in [5.74, 6) is 0.545. The van der Waals surface area contributed by atoms with Gasteiger partial charge in [-0.1, -0.05) is 0 Å². The van der Waals surface area contributed by atoms with E-state index in [-0.39, 0.29) is 18.6 Å². The first-order chi connectivity index (χ1) is 9.13. The Labute approximate surface area is 111 Å². The molecule has 5 nitrogen and oxygen atoms in total. The molecule has 0 spiro atoms. The third-order valence-electron chi connectivity index (χ3n) is 2.80. The molecule has 3 N–H and O–H groups in total. The van der Waals surface area contributed by atoms with Crippen LogP contribution in [0, 0.1) is 0 Å². The highest BCUT2D eigenvalue weighted by Gasteiger charge is 2.12. The topological polar surface area (TPSA) is 74.3 Å². The molecule has 5 heteroatoms. The van der Waals surface area contributed by atoms with Crippen LogP contribution in [-0.4, -0.2) is 35.3 Å². The summed E-state index contributed by atoms with van der Waals surface area (Å²) in [6, 6.07) is 7.16. The average Bonchev–Trinajstić information content (AvgIpc) is 2.82. The summed E-state index contributed by atoms with van der Waals surface area (Å²) in [5.41, 5.74) is 1.33. The van der Waals surface area contributed by atoms with E-state index >= 15 is 0 Å². The molecule has 0 aliphatic carbocycles. The van der Waals surface area contributed by atoms with Gasteiger partial charge in [0.15, 0.2) is 0 Å². The van der Waals surface area contributed by atoms with E-state index in [1.54, 1.807) is 13.0 Å². The predicted molar refractivity (Wildman–Crippen MR) is 73.5 cm³/mol. The van der Waals surface area contributed by atoms with E-state index in [4.69, 9.17) is 9.84 Å². The third kappa shape index (κ3) is 3.06. The first-order valence-corrected chi connectivity index (χ1v) is 6.31. The van der Waals surface area contributed by atoms with Crippen LogP contribution in [0.1, 0.15) is 24.3 Å². The van der Waals surface area contributed by atoms with Crippen molar-refractivity contribution in [3.05, 3.63) is 30.0 Å². The second-order valence-electron chi connectivity index (χ2n) is 4.42. The molecule has 19 heavy (non-hydrogen) atoms. The van der Waals surface area contributed by atoms with Gasteiger partial charge in [-0.15, -0.1) is 0 Å². The van der Waals surface area contributed by atoms with E-state index in [1.165, 1.54) is 0 Å². The van der Waals surface area contributed by atoms with Gasteiger partial charge in [0.25, 0.3) is 5.91 Å². The molecule has 102 valence electrons. The number of carbonyl (C=O) groups excluding carboxylic acids is 1. The molecule has 1 unspecified atom stereocenters. The van der Waals surface area contributed by atoms with Crippen molar-refractivity contribution in [1.29, 1.82) is 0 Å². The van der Waals surface area contributed by atoms with Crippen molar-refractivity contribution < 1.29 is 14.6 Å². The minimum Gasteiger partial charge on any atom is -0.494 e.